The van der Waals surface area contributed by atoms with Crippen LogP contribution in [0.5, 0.6) is 0 Å². The number of aryl methyl sites for hydroxylation is 3. The smallest absolute Gasteiger partial charge is 0.261 e. The fourth-order valence-corrected chi connectivity index (χ4v) is 4.14. The molecule has 5 heteroatoms. The maximum absolute atomic E-state index is 12.3. The van der Waals surface area contributed by atoms with Gasteiger partial charge in [-0.15, -0.1) is 11.3 Å². The van der Waals surface area contributed by atoms with E-state index >= 15 is 0 Å². The second kappa shape index (κ2) is 6.65. The van der Waals surface area contributed by atoms with Gasteiger partial charge in [-0.3, -0.25) is 9.89 Å². The number of nitrogens with one attached hydrogen (secondary N) is 2. The standard InChI is InChI=1S/C17H23N3OS/c1-11-5-6-15-14(8-11)9-16(22-15)17(21)18-7-3-4-13-10-19-20-12(13)2/h9-11H,3-8H2,1-2H3,(H,18,21)(H,19,20)/t11-/m0/s1. The first-order valence-corrected chi connectivity index (χ1v) is 8.83. The molecule has 1 aliphatic carbocycles. The van der Waals surface area contributed by atoms with Gasteiger partial charge >= 0.3 is 0 Å². The van der Waals surface area contributed by atoms with Crippen molar-refractivity contribution >= 4 is 17.2 Å². The van der Waals surface area contributed by atoms with Crippen LogP contribution in [0.15, 0.2) is 12.3 Å². The van der Waals surface area contributed by atoms with Crippen molar-refractivity contribution in [3.8, 4) is 0 Å². The molecule has 0 aromatic carbocycles. The van der Waals surface area contributed by atoms with Crippen molar-refractivity contribution in [3.63, 3.8) is 0 Å². The Bertz CT molecular complexity index is 659. The first-order valence-electron chi connectivity index (χ1n) is 8.02. The third-order valence-electron chi connectivity index (χ3n) is 4.40. The molecule has 2 aromatic rings. The van der Waals surface area contributed by atoms with Crippen LogP contribution in [0.2, 0.25) is 0 Å². The summed E-state index contributed by atoms with van der Waals surface area (Å²) in [6.45, 7) is 5.03. The molecule has 0 saturated heterocycles. The normalized spacial score (nSPS) is 17.3. The lowest BCUT2D eigenvalue weighted by Crippen LogP contribution is -2.23. The number of hydrogen-bond donors (Lipinski definition) is 2. The van der Waals surface area contributed by atoms with Crippen molar-refractivity contribution in [2.45, 2.75) is 46.0 Å². The zero-order valence-electron chi connectivity index (χ0n) is 13.2. The first-order chi connectivity index (χ1) is 10.6. The molecule has 0 unspecified atom stereocenters. The van der Waals surface area contributed by atoms with E-state index < -0.39 is 0 Å². The molecule has 0 saturated carbocycles. The summed E-state index contributed by atoms with van der Waals surface area (Å²) >= 11 is 1.68. The van der Waals surface area contributed by atoms with Crippen molar-refractivity contribution < 1.29 is 4.79 Å². The van der Waals surface area contributed by atoms with E-state index in [2.05, 4.69) is 28.5 Å². The van der Waals surface area contributed by atoms with Gasteiger partial charge in [0.1, 0.15) is 0 Å². The van der Waals surface area contributed by atoms with E-state index in [9.17, 15) is 4.79 Å². The molecule has 0 aliphatic heterocycles. The van der Waals surface area contributed by atoms with E-state index in [-0.39, 0.29) is 5.91 Å². The van der Waals surface area contributed by atoms with E-state index in [4.69, 9.17) is 0 Å². The number of aromatic amines is 1. The van der Waals surface area contributed by atoms with E-state index in [1.807, 2.05) is 13.1 Å². The number of H-pyrrole nitrogens is 1. The Kier molecular flexibility index (Phi) is 4.62. The molecule has 0 fully saturated rings. The van der Waals surface area contributed by atoms with Gasteiger partial charge in [-0.25, -0.2) is 0 Å². The minimum absolute atomic E-state index is 0.0796. The second-order valence-electron chi connectivity index (χ2n) is 6.29. The molecule has 0 bridgehead atoms. The highest BCUT2D eigenvalue weighted by atomic mass is 32.1. The quantitative estimate of drug-likeness (QED) is 0.832. The van der Waals surface area contributed by atoms with Gasteiger partial charge in [0.15, 0.2) is 0 Å². The third-order valence-corrected chi connectivity index (χ3v) is 5.63. The summed E-state index contributed by atoms with van der Waals surface area (Å²) in [5.41, 5.74) is 3.74. The molecule has 1 amide bonds. The van der Waals surface area contributed by atoms with Gasteiger partial charge in [0.2, 0.25) is 0 Å². The van der Waals surface area contributed by atoms with Crippen LogP contribution in [0.1, 0.15) is 51.1 Å². The molecule has 2 heterocycles. The molecule has 118 valence electrons. The van der Waals surface area contributed by atoms with Crippen molar-refractivity contribution in [1.82, 2.24) is 15.5 Å². The van der Waals surface area contributed by atoms with E-state index in [1.54, 1.807) is 11.3 Å². The lowest BCUT2D eigenvalue weighted by atomic mass is 9.90. The third kappa shape index (κ3) is 3.40. The van der Waals surface area contributed by atoms with Gasteiger partial charge in [-0.2, -0.15) is 5.10 Å². The summed E-state index contributed by atoms with van der Waals surface area (Å²) in [5, 5.41) is 10.00. The number of hydrogen-bond acceptors (Lipinski definition) is 3. The summed E-state index contributed by atoms with van der Waals surface area (Å²) < 4.78 is 0. The van der Waals surface area contributed by atoms with E-state index in [0.717, 1.165) is 42.2 Å². The molecule has 4 nitrogen and oxygen atoms in total. The molecule has 2 aromatic heterocycles. The van der Waals surface area contributed by atoms with Gasteiger partial charge in [-0.05, 0) is 62.1 Å². The van der Waals surface area contributed by atoms with Crippen molar-refractivity contribution in [3.05, 3.63) is 38.8 Å². The Morgan fingerprint density at radius 3 is 3.18 bits per heavy atom. The number of thiophene rings is 1. The molecule has 3 rings (SSSR count). The highest BCUT2D eigenvalue weighted by molar-refractivity contribution is 7.14. The number of carbonyl (C=O) groups excluding carboxylic acids is 1. The van der Waals surface area contributed by atoms with Gasteiger partial charge in [0.25, 0.3) is 5.91 Å². The second-order valence-corrected chi connectivity index (χ2v) is 7.42. The monoisotopic (exact) mass is 317 g/mol. The zero-order valence-corrected chi connectivity index (χ0v) is 14.1. The maximum atomic E-state index is 12.3. The lowest BCUT2D eigenvalue weighted by Gasteiger charge is -2.16. The van der Waals surface area contributed by atoms with Gasteiger partial charge in [-0.1, -0.05) is 6.92 Å². The van der Waals surface area contributed by atoms with Crippen LogP contribution >= 0.6 is 11.3 Å². The Morgan fingerprint density at radius 2 is 2.41 bits per heavy atom. The summed E-state index contributed by atoms with van der Waals surface area (Å²) in [5.74, 6) is 0.826. The highest BCUT2D eigenvalue weighted by Crippen LogP contribution is 2.32. The largest absolute Gasteiger partial charge is 0.351 e. The summed E-state index contributed by atoms with van der Waals surface area (Å²) in [6, 6.07) is 2.10. The Hall–Kier alpha value is -1.62. The van der Waals surface area contributed by atoms with Gasteiger partial charge < -0.3 is 5.32 Å². The van der Waals surface area contributed by atoms with Gasteiger partial charge in [0.05, 0.1) is 11.1 Å². The molecule has 0 spiro atoms. The Labute approximate surface area is 135 Å². The van der Waals surface area contributed by atoms with Crippen molar-refractivity contribution in [2.24, 2.45) is 5.92 Å². The molecular weight excluding hydrogens is 294 g/mol. The average Bonchev–Trinajstić information content (AvgIpc) is 3.09. The van der Waals surface area contributed by atoms with Crippen molar-refractivity contribution in [2.75, 3.05) is 6.54 Å². The number of amides is 1. The molecule has 1 atom stereocenters. The van der Waals surface area contributed by atoms with Crippen LogP contribution in [-0.2, 0) is 19.3 Å². The van der Waals surface area contributed by atoms with E-state index in [1.165, 1.54) is 22.4 Å². The first kappa shape index (κ1) is 15.3. The number of carbonyl (C=O) groups is 1. The molecule has 2 N–H and O–H groups in total. The molecule has 0 radical (unpaired) electrons. The van der Waals surface area contributed by atoms with Crippen LogP contribution < -0.4 is 5.32 Å². The Morgan fingerprint density at radius 1 is 1.55 bits per heavy atom. The maximum Gasteiger partial charge on any atom is 0.261 e. The van der Waals surface area contributed by atoms with Crippen LogP contribution in [0.3, 0.4) is 0 Å². The Balaban J connectivity index is 1.49. The fraction of sp³-hybridized carbons (Fsp3) is 0.529. The number of rotatable bonds is 5. The van der Waals surface area contributed by atoms with Gasteiger partial charge in [0, 0.05) is 17.1 Å². The van der Waals surface area contributed by atoms with Crippen LogP contribution in [0, 0.1) is 12.8 Å². The molecule has 1 aliphatic rings. The van der Waals surface area contributed by atoms with Crippen LogP contribution in [-0.4, -0.2) is 22.6 Å². The topological polar surface area (TPSA) is 57.8 Å². The van der Waals surface area contributed by atoms with Crippen LogP contribution in [0.25, 0.3) is 0 Å². The lowest BCUT2D eigenvalue weighted by molar-refractivity contribution is 0.0957. The minimum atomic E-state index is 0.0796. The van der Waals surface area contributed by atoms with Crippen molar-refractivity contribution in [1.29, 1.82) is 0 Å². The number of aromatic nitrogens is 2. The zero-order chi connectivity index (χ0) is 15.5. The van der Waals surface area contributed by atoms with Crippen LogP contribution in [0.4, 0.5) is 0 Å². The predicted molar refractivity (Wildman–Crippen MR) is 89.5 cm³/mol. The summed E-state index contributed by atoms with van der Waals surface area (Å²) in [6.07, 6.45) is 7.26. The minimum Gasteiger partial charge on any atom is -0.351 e. The number of fused-ring (bicyclic) bond motifs is 1. The number of nitrogens with zero attached hydrogens (tertiary/aromatic N) is 1. The SMILES string of the molecule is Cc1[nH]ncc1CCCNC(=O)c1cc2c(s1)CC[C@H](C)C2. The summed E-state index contributed by atoms with van der Waals surface area (Å²) in [7, 11) is 0. The molecular formula is C17H23N3OS. The highest BCUT2D eigenvalue weighted by Gasteiger charge is 2.20. The predicted octanol–water partition coefficient (Wildman–Crippen LogP) is 3.27. The molecule has 22 heavy (non-hydrogen) atoms. The summed E-state index contributed by atoms with van der Waals surface area (Å²) in [4.78, 5) is 14.5. The average molecular weight is 317 g/mol. The van der Waals surface area contributed by atoms with E-state index in [0.29, 0.717) is 6.54 Å². The fourth-order valence-electron chi connectivity index (χ4n) is 3.01.